The molecule has 0 aliphatic rings. The van der Waals surface area contributed by atoms with Crippen LogP contribution in [0.2, 0.25) is 0 Å². The van der Waals surface area contributed by atoms with E-state index in [-0.39, 0.29) is 34.4 Å². The number of rotatable bonds is 6. The Labute approximate surface area is 168 Å². The minimum atomic E-state index is -0.500. The highest BCUT2D eigenvalue weighted by Crippen LogP contribution is 2.25. The van der Waals surface area contributed by atoms with E-state index in [0.717, 1.165) is 0 Å². The Balaban J connectivity index is 2.29. The third kappa shape index (κ3) is 5.92. The van der Waals surface area contributed by atoms with E-state index in [2.05, 4.69) is 10.3 Å². The maximum absolute atomic E-state index is 12.2. The topological polar surface area (TPSA) is 107 Å². The molecule has 1 aromatic heterocycles. The van der Waals surface area contributed by atoms with Crippen LogP contribution in [-0.4, -0.2) is 47.0 Å². The van der Waals surface area contributed by atoms with Crippen molar-refractivity contribution in [1.82, 2.24) is 15.2 Å². The van der Waals surface area contributed by atoms with Crippen LogP contribution in [0.15, 0.2) is 36.4 Å². The van der Waals surface area contributed by atoms with E-state index in [1.165, 1.54) is 17.0 Å². The third-order valence-corrected chi connectivity index (χ3v) is 3.47. The Hall–Kier alpha value is -3.20. The summed E-state index contributed by atoms with van der Waals surface area (Å²) in [5, 5.41) is 2.21. The average Bonchev–Trinajstić information content (AvgIpc) is 2.60. The van der Waals surface area contributed by atoms with E-state index in [1.807, 2.05) is 13.8 Å². The summed E-state index contributed by atoms with van der Waals surface area (Å²) in [6.45, 7) is 3.68. The first kappa shape index (κ1) is 21.1. The summed E-state index contributed by atoms with van der Waals surface area (Å²) >= 11 is 4.70. The predicted octanol–water partition coefficient (Wildman–Crippen LogP) is 2.34. The summed E-state index contributed by atoms with van der Waals surface area (Å²) in [6.07, 6.45) is -0.148. The molecule has 0 aliphatic heterocycles. The number of thiocarbonyl (C=S) groups is 1. The van der Waals surface area contributed by atoms with Crippen LogP contribution in [-0.2, 0) is 0 Å². The van der Waals surface area contributed by atoms with Crippen LogP contribution >= 0.6 is 12.2 Å². The first-order chi connectivity index (χ1) is 13.2. The van der Waals surface area contributed by atoms with Crippen molar-refractivity contribution in [3.63, 3.8) is 0 Å². The minimum Gasteiger partial charge on any atom is -0.475 e. The Kier molecular flexibility index (Phi) is 6.89. The molecule has 2 rings (SSSR count). The van der Waals surface area contributed by atoms with Gasteiger partial charge in [0.2, 0.25) is 11.8 Å². The molecule has 0 spiro atoms. The number of nitrogens with two attached hydrogens (primary N) is 1. The lowest BCUT2D eigenvalue weighted by atomic mass is 10.2. The highest BCUT2D eigenvalue weighted by atomic mass is 32.1. The Morgan fingerprint density at radius 1 is 1.11 bits per heavy atom. The normalized spacial score (nSPS) is 10.3. The number of carbonyl (C=O) groups is 2. The molecule has 3 N–H and O–H groups in total. The van der Waals surface area contributed by atoms with Gasteiger partial charge in [-0.15, -0.1) is 0 Å². The number of pyridine rings is 1. The van der Waals surface area contributed by atoms with Crippen LogP contribution in [0, 0.1) is 0 Å². The Bertz CT molecular complexity index is 882. The minimum absolute atomic E-state index is 0.117. The van der Waals surface area contributed by atoms with Gasteiger partial charge in [0.15, 0.2) is 5.11 Å². The van der Waals surface area contributed by atoms with Crippen LogP contribution in [0.1, 0.15) is 34.6 Å². The molecular weight excluding hydrogens is 380 g/mol. The SMILES string of the molecule is CC(C)Oc1cc(C(=O)NC(N)=S)cc(Oc2ccc(C(=O)N(C)C)cc2)n1. The number of amides is 2. The number of benzene rings is 1. The van der Waals surface area contributed by atoms with Gasteiger partial charge in [-0.3, -0.25) is 14.9 Å². The summed E-state index contributed by atoms with van der Waals surface area (Å²) in [4.78, 5) is 29.9. The predicted molar refractivity (Wildman–Crippen MR) is 109 cm³/mol. The molecule has 9 heteroatoms. The standard InChI is InChI=1S/C19H22N4O4S/c1-11(2)26-15-9-13(17(24)22-19(20)28)10-16(21-15)27-14-7-5-12(6-8-14)18(25)23(3)4/h5-11H,1-4H3,(H3,20,22,24,28). The number of ether oxygens (including phenoxy) is 2. The fraction of sp³-hybridized carbons (Fsp3) is 0.263. The molecule has 0 saturated carbocycles. The molecule has 0 unspecified atom stereocenters. The fourth-order valence-corrected chi connectivity index (χ4v) is 2.29. The van der Waals surface area contributed by atoms with Crippen LogP contribution in [0.4, 0.5) is 0 Å². The molecule has 2 aromatic rings. The Morgan fingerprint density at radius 2 is 1.71 bits per heavy atom. The van der Waals surface area contributed by atoms with E-state index in [0.29, 0.717) is 11.3 Å². The zero-order valence-electron chi connectivity index (χ0n) is 16.1. The fourth-order valence-electron chi connectivity index (χ4n) is 2.19. The van der Waals surface area contributed by atoms with Crippen molar-refractivity contribution in [2.75, 3.05) is 14.1 Å². The molecule has 1 aromatic carbocycles. The van der Waals surface area contributed by atoms with Crippen molar-refractivity contribution in [2.24, 2.45) is 5.73 Å². The first-order valence-corrected chi connectivity index (χ1v) is 8.85. The smallest absolute Gasteiger partial charge is 0.257 e. The lowest BCUT2D eigenvalue weighted by Gasteiger charge is -2.13. The molecule has 0 aliphatic carbocycles. The van der Waals surface area contributed by atoms with Gasteiger partial charge in [0.25, 0.3) is 11.8 Å². The van der Waals surface area contributed by atoms with Crippen LogP contribution in [0.5, 0.6) is 17.5 Å². The summed E-state index contributed by atoms with van der Waals surface area (Å²) in [5.41, 5.74) is 6.12. The number of hydrogen-bond acceptors (Lipinski definition) is 6. The maximum Gasteiger partial charge on any atom is 0.257 e. The quantitative estimate of drug-likeness (QED) is 0.714. The van der Waals surface area contributed by atoms with Gasteiger partial charge in [-0.25, -0.2) is 0 Å². The van der Waals surface area contributed by atoms with E-state index in [9.17, 15) is 9.59 Å². The van der Waals surface area contributed by atoms with E-state index < -0.39 is 5.91 Å². The van der Waals surface area contributed by atoms with Crippen molar-refractivity contribution in [3.05, 3.63) is 47.5 Å². The van der Waals surface area contributed by atoms with Gasteiger partial charge in [0.1, 0.15) is 5.75 Å². The zero-order chi connectivity index (χ0) is 20.8. The molecule has 1 heterocycles. The molecule has 8 nitrogen and oxygen atoms in total. The average molecular weight is 402 g/mol. The molecule has 0 bridgehead atoms. The van der Waals surface area contributed by atoms with Crippen molar-refractivity contribution < 1.29 is 19.1 Å². The third-order valence-electron chi connectivity index (χ3n) is 3.36. The number of hydrogen-bond donors (Lipinski definition) is 2. The van der Waals surface area contributed by atoms with Gasteiger partial charge in [-0.2, -0.15) is 4.98 Å². The summed E-state index contributed by atoms with van der Waals surface area (Å²) in [7, 11) is 3.35. The number of nitrogens with one attached hydrogen (secondary N) is 1. The van der Waals surface area contributed by atoms with E-state index in [4.69, 9.17) is 27.4 Å². The lowest BCUT2D eigenvalue weighted by molar-refractivity contribution is 0.0827. The summed E-state index contributed by atoms with van der Waals surface area (Å²) < 4.78 is 11.3. The summed E-state index contributed by atoms with van der Waals surface area (Å²) in [6, 6.07) is 9.49. The molecule has 2 amide bonds. The summed E-state index contributed by atoms with van der Waals surface area (Å²) in [5.74, 6) is 0.206. The number of carbonyl (C=O) groups excluding carboxylic acids is 2. The van der Waals surface area contributed by atoms with Gasteiger partial charge in [0, 0.05) is 31.8 Å². The van der Waals surface area contributed by atoms with Gasteiger partial charge in [-0.1, -0.05) is 0 Å². The van der Waals surface area contributed by atoms with Crippen molar-refractivity contribution >= 4 is 29.1 Å². The zero-order valence-corrected chi connectivity index (χ0v) is 16.9. The van der Waals surface area contributed by atoms with Crippen molar-refractivity contribution in [3.8, 4) is 17.5 Å². The lowest BCUT2D eigenvalue weighted by Crippen LogP contribution is -2.34. The molecular formula is C19H22N4O4S. The van der Waals surface area contributed by atoms with Crippen LogP contribution in [0.3, 0.4) is 0 Å². The molecule has 0 radical (unpaired) electrons. The molecule has 0 fully saturated rings. The van der Waals surface area contributed by atoms with Crippen LogP contribution < -0.4 is 20.5 Å². The van der Waals surface area contributed by atoms with Gasteiger partial charge in [0.05, 0.1) is 11.7 Å². The molecule has 0 atom stereocenters. The Morgan fingerprint density at radius 3 is 2.25 bits per heavy atom. The van der Waals surface area contributed by atoms with Crippen LogP contribution in [0.25, 0.3) is 0 Å². The monoisotopic (exact) mass is 402 g/mol. The van der Waals surface area contributed by atoms with Gasteiger partial charge < -0.3 is 20.1 Å². The van der Waals surface area contributed by atoms with Gasteiger partial charge in [-0.05, 0) is 50.3 Å². The maximum atomic E-state index is 12.2. The van der Waals surface area contributed by atoms with Crippen molar-refractivity contribution in [1.29, 1.82) is 0 Å². The van der Waals surface area contributed by atoms with E-state index in [1.54, 1.807) is 38.4 Å². The number of aromatic nitrogens is 1. The second-order valence-electron chi connectivity index (χ2n) is 6.34. The largest absolute Gasteiger partial charge is 0.475 e. The molecule has 148 valence electrons. The van der Waals surface area contributed by atoms with Gasteiger partial charge >= 0.3 is 0 Å². The highest BCUT2D eigenvalue weighted by Gasteiger charge is 2.14. The number of nitrogens with zero attached hydrogens (tertiary/aromatic N) is 2. The first-order valence-electron chi connectivity index (χ1n) is 8.45. The second kappa shape index (κ2) is 9.14. The van der Waals surface area contributed by atoms with Crippen molar-refractivity contribution in [2.45, 2.75) is 20.0 Å². The molecule has 28 heavy (non-hydrogen) atoms. The molecule has 0 saturated heterocycles. The highest BCUT2D eigenvalue weighted by molar-refractivity contribution is 7.80. The van der Waals surface area contributed by atoms with E-state index >= 15 is 0 Å². The second-order valence-corrected chi connectivity index (χ2v) is 6.78.